The first kappa shape index (κ1) is 15.1. The molecule has 0 spiro atoms. The van der Waals surface area contributed by atoms with Crippen LogP contribution in [0.25, 0.3) is 18.0 Å². The van der Waals surface area contributed by atoms with Crippen LogP contribution in [0.2, 0.25) is 0 Å². The number of H-pyrrole nitrogens is 1. The van der Waals surface area contributed by atoms with Gasteiger partial charge in [0.2, 0.25) is 0 Å². The van der Waals surface area contributed by atoms with Crippen LogP contribution in [0.5, 0.6) is 11.5 Å². The van der Waals surface area contributed by atoms with E-state index in [-0.39, 0.29) is 5.75 Å². The summed E-state index contributed by atoms with van der Waals surface area (Å²) in [5.74, 6) is 1.29. The van der Waals surface area contributed by atoms with E-state index in [0.717, 1.165) is 17.1 Å². The van der Waals surface area contributed by atoms with E-state index in [9.17, 15) is 5.11 Å². The third-order valence-corrected chi connectivity index (χ3v) is 3.58. The second-order valence-corrected chi connectivity index (χ2v) is 5.26. The predicted molar refractivity (Wildman–Crippen MR) is 92.3 cm³/mol. The minimum atomic E-state index is 0.116. The van der Waals surface area contributed by atoms with Gasteiger partial charge < -0.3 is 9.84 Å². The van der Waals surface area contributed by atoms with Crippen LogP contribution in [0.4, 0.5) is 0 Å². The lowest BCUT2D eigenvalue weighted by molar-refractivity contribution is 0.373. The lowest BCUT2D eigenvalue weighted by Gasteiger charge is -2.03. The van der Waals surface area contributed by atoms with E-state index in [1.165, 1.54) is 7.11 Å². The highest BCUT2D eigenvalue weighted by atomic mass is 32.1. The van der Waals surface area contributed by atoms with Crippen LogP contribution in [-0.4, -0.2) is 27.0 Å². The molecule has 0 radical (unpaired) electrons. The predicted octanol–water partition coefficient (Wildman–Crippen LogP) is 3.81. The zero-order chi connectivity index (χ0) is 16.2. The molecule has 2 N–H and O–H groups in total. The maximum atomic E-state index is 9.61. The van der Waals surface area contributed by atoms with Crippen LogP contribution in [-0.2, 0) is 0 Å². The summed E-state index contributed by atoms with van der Waals surface area (Å²) in [6.07, 6.45) is 5.53. The van der Waals surface area contributed by atoms with Gasteiger partial charge >= 0.3 is 0 Å². The first-order valence-corrected chi connectivity index (χ1v) is 7.37. The van der Waals surface area contributed by atoms with Crippen molar-refractivity contribution < 1.29 is 9.84 Å². The second kappa shape index (κ2) is 6.50. The molecule has 6 heteroatoms. The van der Waals surface area contributed by atoms with E-state index in [1.807, 2.05) is 36.4 Å². The second-order valence-electron chi connectivity index (χ2n) is 4.84. The summed E-state index contributed by atoms with van der Waals surface area (Å²) in [7, 11) is 1.52. The molecule has 0 atom stereocenters. The number of aromatic hydroxyl groups is 1. The number of ether oxygens (including phenoxy) is 1. The average Bonchev–Trinajstić information content (AvgIpc) is 2.96. The van der Waals surface area contributed by atoms with Gasteiger partial charge in [0.25, 0.3) is 0 Å². The summed E-state index contributed by atoms with van der Waals surface area (Å²) in [6.45, 7) is 0. The molecule has 116 valence electrons. The number of aromatic amines is 1. The smallest absolute Gasteiger partial charge is 0.161 e. The Hall–Kier alpha value is -2.86. The molecule has 2 heterocycles. The SMILES string of the molecule is COc1cc(/C=C/c2cc(=S)n(-c3ccccn3)[nH]2)ccc1O. The van der Waals surface area contributed by atoms with Gasteiger partial charge in [-0.05, 0) is 42.0 Å². The van der Waals surface area contributed by atoms with E-state index in [4.69, 9.17) is 17.0 Å². The van der Waals surface area contributed by atoms with Crippen molar-refractivity contribution in [1.82, 2.24) is 14.8 Å². The van der Waals surface area contributed by atoms with Crippen LogP contribution in [0.15, 0.2) is 48.7 Å². The monoisotopic (exact) mass is 325 g/mol. The van der Waals surface area contributed by atoms with Gasteiger partial charge in [0.15, 0.2) is 17.3 Å². The molecular weight excluding hydrogens is 310 g/mol. The zero-order valence-corrected chi connectivity index (χ0v) is 13.2. The summed E-state index contributed by atoms with van der Waals surface area (Å²) in [4.78, 5) is 4.27. The van der Waals surface area contributed by atoms with Crippen LogP contribution < -0.4 is 4.74 Å². The first-order chi connectivity index (χ1) is 11.2. The van der Waals surface area contributed by atoms with Crippen molar-refractivity contribution in [3.63, 3.8) is 0 Å². The van der Waals surface area contributed by atoms with Crippen LogP contribution in [0.3, 0.4) is 0 Å². The van der Waals surface area contributed by atoms with Gasteiger partial charge in [-0.2, -0.15) is 0 Å². The maximum Gasteiger partial charge on any atom is 0.161 e. The van der Waals surface area contributed by atoms with Gasteiger partial charge in [-0.15, -0.1) is 0 Å². The summed E-state index contributed by atoms with van der Waals surface area (Å²) in [6, 6.07) is 12.7. The molecule has 0 aliphatic carbocycles. The van der Waals surface area contributed by atoms with Crippen LogP contribution in [0.1, 0.15) is 11.3 Å². The number of benzene rings is 1. The summed E-state index contributed by atoms with van der Waals surface area (Å²) < 4.78 is 7.49. The van der Waals surface area contributed by atoms with Crippen molar-refractivity contribution in [3.8, 4) is 17.3 Å². The van der Waals surface area contributed by atoms with Gasteiger partial charge in [-0.25, -0.2) is 9.67 Å². The van der Waals surface area contributed by atoms with Gasteiger partial charge in [-0.1, -0.05) is 30.4 Å². The average molecular weight is 325 g/mol. The Kier molecular flexibility index (Phi) is 4.25. The number of hydrogen-bond acceptors (Lipinski definition) is 4. The number of rotatable bonds is 4. The first-order valence-electron chi connectivity index (χ1n) is 6.96. The molecule has 23 heavy (non-hydrogen) atoms. The van der Waals surface area contributed by atoms with Crippen molar-refractivity contribution in [2.75, 3.05) is 7.11 Å². The number of phenolic OH excluding ortho intramolecular Hbond substituents is 1. The van der Waals surface area contributed by atoms with Crippen LogP contribution >= 0.6 is 12.2 Å². The number of phenols is 1. The van der Waals surface area contributed by atoms with Gasteiger partial charge in [0.05, 0.1) is 12.8 Å². The standard InChI is InChI=1S/C17H15N3O2S/c1-22-15-10-12(6-8-14(15)21)5-7-13-11-17(23)20(19-13)16-4-2-3-9-18-16/h2-11,19,21H,1H3/b7-5+. The number of methoxy groups -OCH3 is 1. The third kappa shape index (κ3) is 3.32. The number of nitrogens with one attached hydrogen (secondary N) is 1. The Bertz CT molecular complexity index is 898. The van der Waals surface area contributed by atoms with Crippen LogP contribution in [0, 0.1) is 4.64 Å². The quantitative estimate of drug-likeness (QED) is 0.716. The van der Waals surface area contributed by atoms with E-state index in [2.05, 4.69) is 10.1 Å². The highest BCUT2D eigenvalue weighted by Crippen LogP contribution is 2.27. The molecule has 0 aliphatic heterocycles. The summed E-state index contributed by atoms with van der Waals surface area (Å²) in [5, 5.41) is 12.8. The molecule has 0 fully saturated rings. The normalized spacial score (nSPS) is 11.0. The highest BCUT2D eigenvalue weighted by Gasteiger charge is 2.02. The van der Waals surface area contributed by atoms with E-state index >= 15 is 0 Å². The minimum Gasteiger partial charge on any atom is -0.504 e. The third-order valence-electron chi connectivity index (χ3n) is 3.28. The molecule has 1 aromatic carbocycles. The van der Waals surface area contributed by atoms with Gasteiger partial charge in [-0.3, -0.25) is 5.10 Å². The lowest BCUT2D eigenvalue weighted by atomic mass is 10.2. The molecule has 0 amide bonds. The molecule has 0 saturated carbocycles. The number of aromatic nitrogens is 3. The Balaban J connectivity index is 1.88. The Morgan fingerprint density at radius 1 is 1.22 bits per heavy atom. The van der Waals surface area contributed by atoms with Crippen molar-refractivity contribution in [2.45, 2.75) is 0 Å². The zero-order valence-electron chi connectivity index (χ0n) is 12.4. The fourth-order valence-corrected chi connectivity index (χ4v) is 2.41. The molecule has 0 bridgehead atoms. The minimum absolute atomic E-state index is 0.116. The summed E-state index contributed by atoms with van der Waals surface area (Å²) >= 11 is 5.35. The largest absolute Gasteiger partial charge is 0.504 e. The molecule has 0 saturated heterocycles. The Morgan fingerprint density at radius 2 is 2.09 bits per heavy atom. The lowest BCUT2D eigenvalue weighted by Crippen LogP contribution is -1.98. The fraction of sp³-hybridized carbons (Fsp3) is 0.0588. The Morgan fingerprint density at radius 3 is 2.83 bits per heavy atom. The molecule has 5 nitrogen and oxygen atoms in total. The van der Waals surface area contributed by atoms with Crippen molar-refractivity contribution in [2.24, 2.45) is 0 Å². The van der Waals surface area contributed by atoms with E-state index in [0.29, 0.717) is 10.4 Å². The highest BCUT2D eigenvalue weighted by molar-refractivity contribution is 7.71. The maximum absolute atomic E-state index is 9.61. The van der Waals surface area contributed by atoms with E-state index < -0.39 is 0 Å². The molecular formula is C17H15N3O2S. The molecule has 3 aromatic rings. The number of pyridine rings is 1. The van der Waals surface area contributed by atoms with E-state index in [1.54, 1.807) is 29.1 Å². The van der Waals surface area contributed by atoms with Gasteiger partial charge in [0, 0.05) is 6.20 Å². The summed E-state index contributed by atoms with van der Waals surface area (Å²) in [5.41, 5.74) is 1.76. The Labute approximate surface area is 138 Å². The molecule has 3 rings (SSSR count). The van der Waals surface area contributed by atoms with Gasteiger partial charge in [0.1, 0.15) is 4.64 Å². The fourth-order valence-electron chi connectivity index (χ4n) is 2.14. The van der Waals surface area contributed by atoms with Crippen molar-refractivity contribution in [1.29, 1.82) is 0 Å². The molecule has 0 aliphatic rings. The topological polar surface area (TPSA) is 63.1 Å². The molecule has 2 aromatic heterocycles. The van der Waals surface area contributed by atoms with Crippen molar-refractivity contribution in [3.05, 3.63) is 64.6 Å². The number of nitrogens with zero attached hydrogens (tertiary/aromatic N) is 2. The number of hydrogen-bond donors (Lipinski definition) is 2. The van der Waals surface area contributed by atoms with Crippen molar-refractivity contribution >= 4 is 24.4 Å². The molecule has 0 unspecified atom stereocenters.